The van der Waals surface area contributed by atoms with E-state index in [4.69, 9.17) is 4.74 Å². The molecule has 4 atom stereocenters. The summed E-state index contributed by atoms with van der Waals surface area (Å²) in [6, 6.07) is 30.6. The summed E-state index contributed by atoms with van der Waals surface area (Å²) < 4.78 is 5.54. The zero-order valence-electron chi connectivity index (χ0n) is 25.1. The van der Waals surface area contributed by atoms with Gasteiger partial charge in [-0.1, -0.05) is 97.9 Å². The number of benzene rings is 4. The van der Waals surface area contributed by atoms with Gasteiger partial charge in [-0.05, 0) is 67.1 Å². The van der Waals surface area contributed by atoms with Crippen molar-refractivity contribution >= 4 is 34.4 Å². The first-order valence-corrected chi connectivity index (χ1v) is 14.8. The van der Waals surface area contributed by atoms with Gasteiger partial charge in [0.15, 0.2) is 0 Å². The number of nitrogens with zero attached hydrogens (tertiary/aromatic N) is 1. The van der Waals surface area contributed by atoms with Crippen molar-refractivity contribution in [3.63, 3.8) is 0 Å². The van der Waals surface area contributed by atoms with Crippen molar-refractivity contribution in [1.29, 1.82) is 0 Å². The lowest BCUT2D eigenvalue weighted by Crippen LogP contribution is -2.54. The lowest BCUT2D eigenvalue weighted by molar-refractivity contribution is -0.141. The fraction of sp³-hybridized carbons (Fsp3) is 0.306. The smallest absolute Gasteiger partial charge is 0.408 e. The van der Waals surface area contributed by atoms with Crippen molar-refractivity contribution in [2.45, 2.75) is 64.3 Å². The van der Waals surface area contributed by atoms with Crippen LogP contribution in [0.2, 0.25) is 0 Å². The third kappa shape index (κ3) is 7.60. The minimum atomic E-state index is -0.940. The first kappa shape index (κ1) is 29.8. The minimum absolute atomic E-state index is 0.154. The van der Waals surface area contributed by atoms with Crippen LogP contribution in [0.5, 0.6) is 0 Å². The van der Waals surface area contributed by atoms with Gasteiger partial charge in [0.2, 0.25) is 5.91 Å². The number of anilines is 1. The number of amides is 3. The highest BCUT2D eigenvalue weighted by Crippen LogP contribution is 2.41. The number of rotatable bonds is 9. The van der Waals surface area contributed by atoms with E-state index in [9.17, 15) is 14.4 Å². The van der Waals surface area contributed by atoms with Crippen molar-refractivity contribution in [1.82, 2.24) is 10.2 Å². The van der Waals surface area contributed by atoms with E-state index in [0.29, 0.717) is 11.3 Å². The van der Waals surface area contributed by atoms with Crippen LogP contribution in [0.1, 0.15) is 51.3 Å². The monoisotopic (exact) mass is 577 g/mol. The quantitative estimate of drug-likeness (QED) is 0.227. The highest BCUT2D eigenvalue weighted by Gasteiger charge is 2.48. The summed E-state index contributed by atoms with van der Waals surface area (Å²) in [6.45, 7) is 7.41. The van der Waals surface area contributed by atoms with Crippen LogP contribution in [0.4, 0.5) is 10.5 Å². The van der Waals surface area contributed by atoms with E-state index in [1.54, 1.807) is 25.7 Å². The maximum atomic E-state index is 14.6. The fourth-order valence-corrected chi connectivity index (χ4v) is 5.40. The predicted octanol–water partition coefficient (Wildman–Crippen LogP) is 6.89. The van der Waals surface area contributed by atoms with Crippen LogP contribution in [0, 0.1) is 5.92 Å². The van der Waals surface area contributed by atoms with E-state index in [0.717, 1.165) is 22.8 Å². The van der Waals surface area contributed by atoms with Gasteiger partial charge in [0.25, 0.3) is 5.91 Å². The maximum absolute atomic E-state index is 14.6. The van der Waals surface area contributed by atoms with Crippen LogP contribution in [0.15, 0.2) is 103 Å². The number of nitrogens with one attached hydrogen (secondary N) is 2. The molecule has 0 spiro atoms. The average molecular weight is 578 g/mol. The van der Waals surface area contributed by atoms with Gasteiger partial charge in [-0.2, -0.15) is 0 Å². The zero-order chi connectivity index (χ0) is 30.6. The molecule has 3 amide bonds. The Bertz CT molecular complexity index is 1580. The van der Waals surface area contributed by atoms with Crippen molar-refractivity contribution in [2.75, 3.05) is 5.32 Å². The average Bonchev–Trinajstić information content (AvgIpc) is 3.70. The second-order valence-corrected chi connectivity index (χ2v) is 12.3. The van der Waals surface area contributed by atoms with Gasteiger partial charge >= 0.3 is 6.09 Å². The predicted molar refractivity (Wildman–Crippen MR) is 169 cm³/mol. The second-order valence-electron chi connectivity index (χ2n) is 12.3. The molecular weight excluding hydrogens is 538 g/mol. The van der Waals surface area contributed by atoms with Crippen molar-refractivity contribution in [3.8, 4) is 0 Å². The van der Waals surface area contributed by atoms with E-state index in [1.807, 2.05) is 103 Å². The second kappa shape index (κ2) is 12.7. The summed E-state index contributed by atoms with van der Waals surface area (Å²) in [5.74, 6) is -0.432. The first-order valence-electron chi connectivity index (χ1n) is 14.8. The number of alkyl carbamates (subject to hydrolysis) is 1. The molecule has 0 bridgehead atoms. The molecule has 222 valence electrons. The van der Waals surface area contributed by atoms with Gasteiger partial charge in [-0.15, -0.1) is 0 Å². The molecule has 7 heteroatoms. The van der Waals surface area contributed by atoms with Crippen molar-refractivity contribution < 1.29 is 19.1 Å². The third-order valence-electron chi connectivity index (χ3n) is 7.61. The molecule has 1 aliphatic rings. The van der Waals surface area contributed by atoms with Crippen LogP contribution < -0.4 is 10.6 Å². The van der Waals surface area contributed by atoms with Crippen LogP contribution in [-0.4, -0.2) is 40.5 Å². The number of carbonyl (C=O) groups is 3. The first-order chi connectivity index (χ1) is 20.6. The molecule has 0 radical (unpaired) electrons. The van der Waals surface area contributed by atoms with Crippen LogP contribution in [0.3, 0.4) is 0 Å². The van der Waals surface area contributed by atoms with Crippen molar-refractivity contribution in [2.24, 2.45) is 5.92 Å². The lowest BCUT2D eigenvalue weighted by Gasteiger charge is -2.35. The topological polar surface area (TPSA) is 87.7 Å². The van der Waals surface area contributed by atoms with Gasteiger partial charge in [-0.3, -0.25) is 9.59 Å². The van der Waals surface area contributed by atoms with E-state index < -0.39 is 23.8 Å². The molecule has 0 heterocycles. The standard InChI is InChI=1S/C36H39N3O4/c1-24-21-31(24)39(34(41)30(22-25-13-7-5-8-14-25)38-35(42)43-36(2,3)4)32(27-16-9-6-10-17-27)33(40)37-29-20-19-26-15-11-12-18-28(26)23-29/h5-20,23-24,30-32H,21-22H2,1-4H3,(H,37,40)(H,38,42). The van der Waals surface area contributed by atoms with Gasteiger partial charge in [0.05, 0.1) is 0 Å². The SMILES string of the molecule is CC1CC1N(C(=O)C(Cc1ccccc1)NC(=O)OC(C)(C)C)C(C(=O)Nc1ccc2ccccc2c1)c1ccccc1. The Kier molecular flexibility index (Phi) is 8.81. The summed E-state index contributed by atoms with van der Waals surface area (Å²) in [4.78, 5) is 43.5. The molecule has 0 aromatic heterocycles. The summed E-state index contributed by atoms with van der Waals surface area (Å²) in [5.41, 5.74) is 1.50. The Labute approximate surface area is 253 Å². The third-order valence-corrected chi connectivity index (χ3v) is 7.61. The van der Waals surface area contributed by atoms with E-state index in [1.165, 1.54) is 0 Å². The lowest BCUT2D eigenvalue weighted by atomic mass is 9.99. The zero-order valence-corrected chi connectivity index (χ0v) is 25.1. The molecule has 7 nitrogen and oxygen atoms in total. The number of carbonyl (C=O) groups excluding carboxylic acids is 3. The fourth-order valence-electron chi connectivity index (χ4n) is 5.40. The Morgan fingerprint density at radius 1 is 0.860 bits per heavy atom. The van der Waals surface area contributed by atoms with Crippen LogP contribution in [0.25, 0.3) is 10.8 Å². The number of hydrogen-bond acceptors (Lipinski definition) is 4. The minimum Gasteiger partial charge on any atom is -0.444 e. The van der Waals surface area contributed by atoms with Gasteiger partial charge in [0, 0.05) is 18.2 Å². The van der Waals surface area contributed by atoms with Gasteiger partial charge < -0.3 is 20.3 Å². The Balaban J connectivity index is 1.51. The number of hydrogen-bond donors (Lipinski definition) is 2. The highest BCUT2D eigenvalue weighted by molar-refractivity contribution is 6.00. The summed E-state index contributed by atoms with van der Waals surface area (Å²) in [6.07, 6.45) is 0.343. The van der Waals surface area contributed by atoms with Crippen LogP contribution >= 0.6 is 0 Å². The summed E-state index contributed by atoms with van der Waals surface area (Å²) in [7, 11) is 0. The van der Waals surface area contributed by atoms with Crippen LogP contribution in [-0.2, 0) is 20.7 Å². The molecule has 2 N–H and O–H groups in total. The van der Waals surface area contributed by atoms with E-state index in [-0.39, 0.29) is 30.2 Å². The molecule has 5 rings (SSSR count). The molecular formula is C36H39N3O4. The molecule has 0 aliphatic heterocycles. The molecule has 4 aromatic carbocycles. The molecule has 4 aromatic rings. The van der Waals surface area contributed by atoms with Gasteiger partial charge in [-0.25, -0.2) is 4.79 Å². The Morgan fingerprint density at radius 2 is 1.47 bits per heavy atom. The highest BCUT2D eigenvalue weighted by atomic mass is 16.6. The molecule has 1 aliphatic carbocycles. The number of ether oxygens (including phenoxy) is 1. The summed E-state index contributed by atoms with van der Waals surface area (Å²) >= 11 is 0. The molecule has 1 saturated carbocycles. The molecule has 4 unspecified atom stereocenters. The normalized spacial score (nSPS) is 17.4. The molecule has 1 fully saturated rings. The Morgan fingerprint density at radius 3 is 2.09 bits per heavy atom. The van der Waals surface area contributed by atoms with Crippen molar-refractivity contribution in [3.05, 3.63) is 114 Å². The van der Waals surface area contributed by atoms with Gasteiger partial charge in [0.1, 0.15) is 17.7 Å². The molecule has 43 heavy (non-hydrogen) atoms. The largest absolute Gasteiger partial charge is 0.444 e. The number of fused-ring (bicyclic) bond motifs is 1. The maximum Gasteiger partial charge on any atom is 0.408 e. The Hall–Kier alpha value is -4.65. The summed E-state index contributed by atoms with van der Waals surface area (Å²) in [5, 5.41) is 7.99. The molecule has 0 saturated heterocycles. The van der Waals surface area contributed by atoms with E-state index in [2.05, 4.69) is 17.6 Å². The van der Waals surface area contributed by atoms with E-state index >= 15 is 0 Å².